The highest BCUT2D eigenvalue weighted by Gasteiger charge is 2.58. The van der Waals surface area contributed by atoms with E-state index < -0.39 is 48.0 Å². The van der Waals surface area contributed by atoms with E-state index in [0.29, 0.717) is 18.2 Å². The molecule has 0 radical (unpaired) electrons. The fourth-order valence-electron chi connectivity index (χ4n) is 1.29. The van der Waals surface area contributed by atoms with Gasteiger partial charge in [-0.1, -0.05) is 0 Å². The highest BCUT2D eigenvalue weighted by Crippen LogP contribution is 2.35. The number of ether oxygens (including phenoxy) is 1. The van der Waals surface area contributed by atoms with E-state index in [2.05, 4.69) is 4.74 Å². The largest absolute Gasteiger partial charge is 0.423 e. The second kappa shape index (κ2) is 5.96. The van der Waals surface area contributed by atoms with E-state index in [4.69, 9.17) is 0 Å². The van der Waals surface area contributed by atoms with Gasteiger partial charge in [0, 0.05) is 5.56 Å². The lowest BCUT2D eigenvalue weighted by Gasteiger charge is -2.22. The van der Waals surface area contributed by atoms with Crippen molar-refractivity contribution in [1.29, 1.82) is 0 Å². The lowest BCUT2D eigenvalue weighted by atomic mass is 10.1. The third-order valence-electron chi connectivity index (χ3n) is 2.22. The molecule has 0 unspecified atom stereocenters. The number of ketones is 1. The fraction of sp³-hybridized carbons (Fsp3) is 0.364. The molecule has 0 aliphatic rings. The molecule has 2 nitrogen and oxygen atoms in total. The predicted octanol–water partition coefficient (Wildman–Crippen LogP) is 3.66. The molecular formula is C11H6F8O2. The van der Waals surface area contributed by atoms with Gasteiger partial charge in [0.05, 0.1) is 0 Å². The average Bonchev–Trinajstić information content (AvgIpc) is 2.29. The summed E-state index contributed by atoms with van der Waals surface area (Å²) in [5.41, 5.74) is -0.614. The normalized spacial score (nSPS) is 12.8. The van der Waals surface area contributed by atoms with Gasteiger partial charge in [0.25, 0.3) is 0 Å². The van der Waals surface area contributed by atoms with Crippen molar-refractivity contribution >= 4 is 5.78 Å². The lowest BCUT2D eigenvalue weighted by molar-refractivity contribution is -0.319. The van der Waals surface area contributed by atoms with E-state index in [1.54, 1.807) is 0 Å². The molecule has 0 spiro atoms. The summed E-state index contributed by atoms with van der Waals surface area (Å²) in [4.78, 5) is 11.3. The Morgan fingerprint density at radius 2 is 1.52 bits per heavy atom. The first-order valence-electron chi connectivity index (χ1n) is 5.16. The Morgan fingerprint density at radius 3 is 1.95 bits per heavy atom. The fourth-order valence-corrected chi connectivity index (χ4v) is 1.29. The molecular weight excluding hydrogens is 316 g/mol. The smallest absolute Gasteiger partial charge is 0.353 e. The Kier molecular flexibility index (Phi) is 4.92. The van der Waals surface area contributed by atoms with Crippen molar-refractivity contribution in [3.05, 3.63) is 35.4 Å². The Bertz CT molecular complexity index is 506. The van der Waals surface area contributed by atoms with Crippen molar-refractivity contribution in [2.24, 2.45) is 0 Å². The van der Waals surface area contributed by atoms with Crippen LogP contribution in [0.15, 0.2) is 18.2 Å². The molecule has 0 aliphatic heterocycles. The molecule has 0 amide bonds. The van der Waals surface area contributed by atoms with Crippen LogP contribution >= 0.6 is 0 Å². The van der Waals surface area contributed by atoms with Crippen molar-refractivity contribution in [1.82, 2.24) is 0 Å². The molecule has 0 aromatic heterocycles. The van der Waals surface area contributed by atoms with Crippen molar-refractivity contribution < 1.29 is 44.7 Å². The monoisotopic (exact) mass is 322 g/mol. The number of alkyl halides is 6. The van der Waals surface area contributed by atoms with Gasteiger partial charge in [-0.3, -0.25) is 4.79 Å². The zero-order chi connectivity index (χ0) is 16.4. The van der Waals surface area contributed by atoms with Gasteiger partial charge >= 0.3 is 12.4 Å². The number of halogens is 8. The summed E-state index contributed by atoms with van der Waals surface area (Å²) in [5.74, 6) is -4.15. The van der Waals surface area contributed by atoms with E-state index in [0.717, 1.165) is 0 Å². The van der Waals surface area contributed by atoms with Crippen LogP contribution in [0.2, 0.25) is 0 Å². The number of benzene rings is 1. The minimum Gasteiger partial charge on any atom is -0.353 e. The van der Waals surface area contributed by atoms with Crippen LogP contribution in [-0.4, -0.2) is 30.8 Å². The quantitative estimate of drug-likeness (QED) is 0.625. The molecule has 118 valence electrons. The highest BCUT2D eigenvalue weighted by molar-refractivity contribution is 5.97. The van der Waals surface area contributed by atoms with Crippen LogP contribution in [0.4, 0.5) is 35.1 Å². The van der Waals surface area contributed by atoms with Crippen LogP contribution in [0.3, 0.4) is 0 Å². The van der Waals surface area contributed by atoms with Gasteiger partial charge in [-0.2, -0.15) is 26.3 Å². The molecule has 10 heteroatoms. The van der Waals surface area contributed by atoms with Crippen molar-refractivity contribution in [3.63, 3.8) is 0 Å². The Balaban J connectivity index is 2.81. The molecule has 0 N–H and O–H groups in total. The Labute approximate surface area is 112 Å². The van der Waals surface area contributed by atoms with Crippen LogP contribution in [0.25, 0.3) is 0 Å². The highest BCUT2D eigenvalue weighted by atomic mass is 19.4. The summed E-state index contributed by atoms with van der Waals surface area (Å²) in [6, 6.07) is 1.56. The molecule has 1 aromatic rings. The summed E-state index contributed by atoms with van der Waals surface area (Å²) < 4.78 is 102. The Morgan fingerprint density at radius 1 is 1.00 bits per heavy atom. The average molecular weight is 322 g/mol. The van der Waals surface area contributed by atoms with Gasteiger partial charge in [0.2, 0.25) is 6.10 Å². The number of hydrogen-bond donors (Lipinski definition) is 0. The van der Waals surface area contributed by atoms with Crippen LogP contribution in [0.5, 0.6) is 0 Å². The van der Waals surface area contributed by atoms with Crippen molar-refractivity contribution in [2.75, 3.05) is 6.61 Å². The molecule has 0 aliphatic carbocycles. The van der Waals surface area contributed by atoms with E-state index in [9.17, 15) is 39.9 Å². The lowest BCUT2D eigenvalue weighted by Crippen LogP contribution is -2.45. The topological polar surface area (TPSA) is 26.3 Å². The first-order chi connectivity index (χ1) is 9.43. The van der Waals surface area contributed by atoms with Gasteiger partial charge in [0.1, 0.15) is 6.61 Å². The van der Waals surface area contributed by atoms with Gasteiger partial charge < -0.3 is 4.74 Å². The van der Waals surface area contributed by atoms with Gasteiger partial charge in [-0.15, -0.1) is 0 Å². The number of carbonyl (C=O) groups excluding carboxylic acids is 1. The van der Waals surface area contributed by atoms with Gasteiger partial charge in [-0.25, -0.2) is 8.78 Å². The second-order valence-corrected chi connectivity index (χ2v) is 3.83. The van der Waals surface area contributed by atoms with Crippen LogP contribution in [0, 0.1) is 11.6 Å². The molecule has 1 rings (SSSR count). The van der Waals surface area contributed by atoms with Gasteiger partial charge in [-0.05, 0) is 18.2 Å². The van der Waals surface area contributed by atoms with Gasteiger partial charge in [0.15, 0.2) is 17.4 Å². The zero-order valence-electron chi connectivity index (χ0n) is 9.86. The first kappa shape index (κ1) is 17.3. The predicted molar refractivity (Wildman–Crippen MR) is 52.5 cm³/mol. The Hall–Kier alpha value is -1.71. The maximum Gasteiger partial charge on any atom is 0.423 e. The summed E-state index contributed by atoms with van der Waals surface area (Å²) in [7, 11) is 0. The number of Topliss-reactive ketones (excluding diaryl/α,β-unsaturated/α-hetero) is 1. The van der Waals surface area contributed by atoms with E-state index in [-0.39, 0.29) is 0 Å². The third kappa shape index (κ3) is 4.66. The molecule has 0 atom stereocenters. The maximum absolute atomic E-state index is 12.8. The van der Waals surface area contributed by atoms with Crippen LogP contribution in [0.1, 0.15) is 10.4 Å². The molecule has 0 bridgehead atoms. The van der Waals surface area contributed by atoms with E-state index in [1.807, 2.05) is 0 Å². The van der Waals surface area contributed by atoms with Crippen LogP contribution < -0.4 is 0 Å². The molecule has 0 saturated carbocycles. The maximum atomic E-state index is 12.8. The third-order valence-corrected chi connectivity index (χ3v) is 2.22. The van der Waals surface area contributed by atoms with E-state index >= 15 is 0 Å². The SMILES string of the molecule is O=C(COC(C(F)(F)F)C(F)(F)F)c1ccc(F)c(F)c1. The summed E-state index contributed by atoms with van der Waals surface area (Å²) in [6.07, 6.45) is -15.7. The number of hydrogen-bond acceptors (Lipinski definition) is 2. The number of carbonyl (C=O) groups is 1. The summed E-state index contributed by atoms with van der Waals surface area (Å²) in [5, 5.41) is 0. The standard InChI is InChI=1S/C11H6F8O2/c12-6-2-1-5(3-7(6)13)8(20)4-21-9(10(14,15)16)11(17,18)19/h1-3,9H,4H2. The summed E-state index contributed by atoms with van der Waals surface area (Å²) >= 11 is 0. The molecule has 0 heterocycles. The summed E-state index contributed by atoms with van der Waals surface area (Å²) in [6.45, 7) is -1.59. The molecule has 0 saturated heterocycles. The minimum atomic E-state index is -5.76. The molecule has 21 heavy (non-hydrogen) atoms. The van der Waals surface area contributed by atoms with Crippen molar-refractivity contribution in [2.45, 2.75) is 18.5 Å². The van der Waals surface area contributed by atoms with Crippen LogP contribution in [-0.2, 0) is 4.74 Å². The molecule has 0 fully saturated rings. The zero-order valence-corrected chi connectivity index (χ0v) is 9.86. The first-order valence-corrected chi connectivity index (χ1v) is 5.16. The minimum absolute atomic E-state index is 0.344. The van der Waals surface area contributed by atoms with E-state index in [1.165, 1.54) is 0 Å². The molecule has 1 aromatic carbocycles. The number of rotatable bonds is 4. The van der Waals surface area contributed by atoms with Crippen molar-refractivity contribution in [3.8, 4) is 0 Å². The second-order valence-electron chi connectivity index (χ2n) is 3.83.